The predicted octanol–water partition coefficient (Wildman–Crippen LogP) is 4.06. The Bertz CT molecular complexity index is 461. The molecule has 84 valence electrons. The fraction of sp³-hybridized carbons (Fsp3) is 0.231. The molecular weight excluding hydrogens is 282 g/mol. The molecule has 16 heavy (non-hydrogen) atoms. The number of hydrogen-bond acceptors (Lipinski definition) is 2. The van der Waals surface area contributed by atoms with Gasteiger partial charge in [0.2, 0.25) is 0 Å². The fourth-order valence-electron chi connectivity index (χ4n) is 1.76. The molecule has 0 bridgehead atoms. The molecule has 0 fully saturated rings. The van der Waals surface area contributed by atoms with Gasteiger partial charge in [-0.15, -0.1) is 11.3 Å². The first kappa shape index (κ1) is 11.8. The molecule has 1 unspecified atom stereocenters. The van der Waals surface area contributed by atoms with Crippen LogP contribution in [0.25, 0.3) is 0 Å². The van der Waals surface area contributed by atoms with Gasteiger partial charge in [-0.3, -0.25) is 0 Å². The van der Waals surface area contributed by atoms with E-state index < -0.39 is 0 Å². The Morgan fingerprint density at radius 2 is 1.94 bits per heavy atom. The summed E-state index contributed by atoms with van der Waals surface area (Å²) in [5, 5.41) is 2.10. The lowest BCUT2D eigenvalue weighted by molar-refractivity contribution is 0.721. The summed E-state index contributed by atoms with van der Waals surface area (Å²) >= 11 is 5.19. The highest BCUT2D eigenvalue weighted by atomic mass is 79.9. The second-order valence-electron chi connectivity index (χ2n) is 3.87. The van der Waals surface area contributed by atoms with E-state index in [9.17, 15) is 0 Å². The number of benzene rings is 1. The van der Waals surface area contributed by atoms with Crippen molar-refractivity contribution in [2.45, 2.75) is 19.4 Å². The van der Waals surface area contributed by atoms with Crippen molar-refractivity contribution in [2.75, 3.05) is 0 Å². The highest BCUT2D eigenvalue weighted by Gasteiger charge is 2.10. The molecule has 0 aliphatic heterocycles. The molecule has 0 saturated carbocycles. The summed E-state index contributed by atoms with van der Waals surface area (Å²) in [6.07, 6.45) is 0.894. The van der Waals surface area contributed by atoms with Gasteiger partial charge in [0, 0.05) is 15.4 Å². The predicted molar refractivity (Wildman–Crippen MR) is 73.8 cm³/mol. The van der Waals surface area contributed by atoms with Gasteiger partial charge in [-0.2, -0.15) is 0 Å². The normalized spacial score (nSPS) is 12.7. The first-order chi connectivity index (χ1) is 7.66. The van der Waals surface area contributed by atoms with Crippen LogP contribution in [0.5, 0.6) is 0 Å². The molecule has 3 heteroatoms. The van der Waals surface area contributed by atoms with Gasteiger partial charge in [0.15, 0.2) is 0 Å². The van der Waals surface area contributed by atoms with E-state index in [2.05, 4.69) is 58.6 Å². The molecule has 0 amide bonds. The van der Waals surface area contributed by atoms with Crippen molar-refractivity contribution in [2.24, 2.45) is 5.73 Å². The van der Waals surface area contributed by atoms with Crippen LogP contribution in [0.1, 0.15) is 22.0 Å². The first-order valence-corrected chi connectivity index (χ1v) is 6.88. The minimum atomic E-state index is 0.104. The van der Waals surface area contributed by atoms with Crippen LogP contribution >= 0.6 is 27.3 Å². The molecule has 0 aliphatic carbocycles. The molecule has 0 radical (unpaired) electrons. The molecule has 0 aliphatic rings. The van der Waals surface area contributed by atoms with E-state index in [1.54, 1.807) is 11.3 Å². The van der Waals surface area contributed by atoms with Gasteiger partial charge in [0.25, 0.3) is 0 Å². The molecule has 2 aromatic rings. The molecule has 1 nitrogen and oxygen atoms in total. The maximum Gasteiger partial charge on any atom is 0.0346 e. The second-order valence-corrected chi connectivity index (χ2v) is 5.91. The SMILES string of the molecule is Cc1sccc1C(N)Cc1ccc(Br)cc1. The van der Waals surface area contributed by atoms with Crippen LogP contribution < -0.4 is 5.73 Å². The van der Waals surface area contributed by atoms with Crippen molar-refractivity contribution in [3.8, 4) is 0 Å². The maximum atomic E-state index is 6.21. The van der Waals surface area contributed by atoms with E-state index in [4.69, 9.17) is 5.73 Å². The van der Waals surface area contributed by atoms with Gasteiger partial charge in [-0.25, -0.2) is 0 Å². The molecule has 1 heterocycles. The van der Waals surface area contributed by atoms with Crippen LogP contribution in [0.15, 0.2) is 40.2 Å². The van der Waals surface area contributed by atoms with E-state index in [-0.39, 0.29) is 6.04 Å². The number of aryl methyl sites for hydroxylation is 1. The first-order valence-electron chi connectivity index (χ1n) is 5.21. The summed E-state index contributed by atoms with van der Waals surface area (Å²) in [6.45, 7) is 2.13. The van der Waals surface area contributed by atoms with Crippen molar-refractivity contribution in [3.63, 3.8) is 0 Å². The van der Waals surface area contributed by atoms with Gasteiger partial charge in [0.1, 0.15) is 0 Å². The lowest BCUT2D eigenvalue weighted by Crippen LogP contribution is -2.13. The van der Waals surface area contributed by atoms with E-state index in [0.29, 0.717) is 0 Å². The van der Waals surface area contributed by atoms with Crippen LogP contribution in [0.4, 0.5) is 0 Å². The van der Waals surface area contributed by atoms with E-state index in [1.807, 2.05) is 0 Å². The minimum absolute atomic E-state index is 0.104. The van der Waals surface area contributed by atoms with E-state index >= 15 is 0 Å². The van der Waals surface area contributed by atoms with E-state index in [0.717, 1.165) is 10.9 Å². The number of thiophene rings is 1. The summed E-state index contributed by atoms with van der Waals surface area (Å²) < 4.78 is 1.11. The molecular formula is C13H14BrNS. The summed E-state index contributed by atoms with van der Waals surface area (Å²) in [6, 6.07) is 10.6. The standard InChI is InChI=1S/C13H14BrNS/c1-9-12(6-7-16-9)13(15)8-10-2-4-11(14)5-3-10/h2-7,13H,8,15H2,1H3. The Morgan fingerprint density at radius 3 is 2.50 bits per heavy atom. The number of hydrogen-bond donors (Lipinski definition) is 1. The zero-order valence-corrected chi connectivity index (χ0v) is 11.5. The molecule has 1 aromatic heterocycles. The smallest absolute Gasteiger partial charge is 0.0346 e. The number of nitrogens with two attached hydrogens (primary N) is 1. The van der Waals surface area contributed by atoms with Gasteiger partial charge in [-0.1, -0.05) is 28.1 Å². The van der Waals surface area contributed by atoms with Crippen molar-refractivity contribution >= 4 is 27.3 Å². The summed E-state index contributed by atoms with van der Waals surface area (Å²) in [5.41, 5.74) is 8.76. The van der Waals surface area contributed by atoms with Crippen LogP contribution in [-0.2, 0) is 6.42 Å². The van der Waals surface area contributed by atoms with Crippen LogP contribution in [0, 0.1) is 6.92 Å². The molecule has 1 atom stereocenters. The Morgan fingerprint density at radius 1 is 1.25 bits per heavy atom. The molecule has 2 N–H and O–H groups in total. The van der Waals surface area contributed by atoms with Gasteiger partial charge in [-0.05, 0) is 48.1 Å². The average Bonchev–Trinajstić information content (AvgIpc) is 2.68. The minimum Gasteiger partial charge on any atom is -0.324 e. The molecule has 1 aromatic carbocycles. The maximum absolute atomic E-state index is 6.21. The molecule has 0 spiro atoms. The van der Waals surface area contributed by atoms with Crippen LogP contribution in [0.3, 0.4) is 0 Å². The van der Waals surface area contributed by atoms with Crippen LogP contribution in [0.2, 0.25) is 0 Å². The number of rotatable bonds is 3. The summed E-state index contributed by atoms with van der Waals surface area (Å²) in [7, 11) is 0. The molecule has 0 saturated heterocycles. The van der Waals surface area contributed by atoms with Gasteiger partial charge >= 0.3 is 0 Å². The lowest BCUT2D eigenvalue weighted by Gasteiger charge is -2.11. The van der Waals surface area contributed by atoms with Gasteiger partial charge in [0.05, 0.1) is 0 Å². The van der Waals surface area contributed by atoms with E-state index in [1.165, 1.54) is 16.0 Å². The summed E-state index contributed by atoms with van der Waals surface area (Å²) in [5.74, 6) is 0. The third-order valence-electron chi connectivity index (χ3n) is 2.67. The van der Waals surface area contributed by atoms with Gasteiger partial charge < -0.3 is 5.73 Å². The zero-order valence-electron chi connectivity index (χ0n) is 9.11. The third kappa shape index (κ3) is 2.73. The van der Waals surface area contributed by atoms with Crippen molar-refractivity contribution < 1.29 is 0 Å². The Kier molecular flexibility index (Phi) is 3.79. The Labute approximate surface area is 108 Å². The summed E-state index contributed by atoms with van der Waals surface area (Å²) in [4.78, 5) is 1.32. The lowest BCUT2D eigenvalue weighted by atomic mass is 10.0. The Balaban J connectivity index is 2.10. The fourth-order valence-corrected chi connectivity index (χ4v) is 2.80. The highest BCUT2D eigenvalue weighted by Crippen LogP contribution is 2.24. The average molecular weight is 296 g/mol. The van der Waals surface area contributed by atoms with Crippen molar-refractivity contribution in [1.82, 2.24) is 0 Å². The topological polar surface area (TPSA) is 26.0 Å². The van der Waals surface area contributed by atoms with Crippen molar-refractivity contribution in [1.29, 1.82) is 0 Å². The molecule has 2 rings (SSSR count). The quantitative estimate of drug-likeness (QED) is 0.908. The van der Waals surface area contributed by atoms with Crippen molar-refractivity contribution in [3.05, 3.63) is 56.2 Å². The second kappa shape index (κ2) is 5.13. The Hall–Kier alpha value is -0.640. The number of halogens is 1. The monoisotopic (exact) mass is 295 g/mol. The largest absolute Gasteiger partial charge is 0.324 e. The zero-order chi connectivity index (χ0) is 11.5. The third-order valence-corrected chi connectivity index (χ3v) is 4.06. The highest BCUT2D eigenvalue weighted by molar-refractivity contribution is 9.10. The van der Waals surface area contributed by atoms with Crippen LogP contribution in [-0.4, -0.2) is 0 Å².